The number of aliphatic carboxylic acids is 1. The van der Waals surface area contributed by atoms with E-state index in [9.17, 15) is 48.0 Å². The summed E-state index contributed by atoms with van der Waals surface area (Å²) in [6, 6.07) is 26.8. The Balaban J connectivity index is 0.000000730. The second-order valence-corrected chi connectivity index (χ2v) is 15.7. The van der Waals surface area contributed by atoms with Crippen LogP contribution in [0.5, 0.6) is 0 Å². The van der Waals surface area contributed by atoms with Gasteiger partial charge in [-0.1, -0.05) is 91.0 Å². The third kappa shape index (κ3) is 9.63. The highest BCUT2D eigenvalue weighted by Gasteiger charge is 2.40. The summed E-state index contributed by atoms with van der Waals surface area (Å²) in [4.78, 5) is 25.0. The Labute approximate surface area is 305 Å². The van der Waals surface area contributed by atoms with E-state index in [4.69, 9.17) is 14.9 Å². The van der Waals surface area contributed by atoms with Crippen LogP contribution in [0.4, 0.5) is 26.3 Å². The highest BCUT2D eigenvalue weighted by atomic mass is 32.2. The fourth-order valence-electron chi connectivity index (χ4n) is 5.77. The third-order valence-electron chi connectivity index (χ3n) is 8.33. The topological polar surface area (TPSA) is 171 Å². The Morgan fingerprint density at radius 3 is 1.94 bits per heavy atom. The van der Waals surface area contributed by atoms with E-state index in [2.05, 4.69) is 10.0 Å². The van der Waals surface area contributed by atoms with Crippen LogP contribution in [0.3, 0.4) is 0 Å². The van der Waals surface area contributed by atoms with Gasteiger partial charge in [0.05, 0.1) is 29.0 Å². The zero-order valence-electron chi connectivity index (χ0n) is 27.5. The SMILES string of the molecule is O=C(O)C(F)(F)F.O=C1CC(c2ccc(CC(NS(=O)(=O)c3cccc(C(F)(F)F)c3)C3=N[C@H](c4ccccc4)[C@H](c4ccccc4)N3)cc2)S(=O)(=O)N1. The lowest BCUT2D eigenvalue weighted by molar-refractivity contribution is -0.192. The van der Waals surface area contributed by atoms with E-state index in [1.54, 1.807) is 24.3 Å². The largest absolute Gasteiger partial charge is 0.490 e. The minimum Gasteiger partial charge on any atom is -0.475 e. The molecule has 4 N–H and O–H groups in total. The molecule has 0 bridgehead atoms. The number of benzene rings is 4. The molecule has 2 heterocycles. The Bertz CT molecular complexity index is 2240. The number of nitrogens with zero attached hydrogens (tertiary/aromatic N) is 1. The van der Waals surface area contributed by atoms with Crippen LogP contribution in [0, 0.1) is 0 Å². The summed E-state index contributed by atoms with van der Waals surface area (Å²) in [6.45, 7) is 0. The Morgan fingerprint density at radius 2 is 1.43 bits per heavy atom. The standard InChI is InChI=1S/C33H29F3N4O5S2.C2HF3O2/c34-33(35,36)25-12-7-13-26(19-25)46(42,43)39-27(18-21-14-16-22(17-15-21)28-20-29(41)40-47(28,44)45)32-37-30(23-8-3-1-4-9-23)31(38-32)24-10-5-2-6-11-24;3-2(4,5)1(6)7/h1-17,19,27-28,30-31,39H,18,20H2,(H,37,38)(H,40,41);(H,6,7)/t27?,28?,30-,31+;. The number of amidine groups is 1. The van der Waals surface area contributed by atoms with Gasteiger partial charge in [0.15, 0.2) is 0 Å². The van der Waals surface area contributed by atoms with Crippen LogP contribution in [-0.4, -0.2) is 51.9 Å². The predicted octanol–water partition coefficient (Wildman–Crippen LogP) is 5.60. The zero-order valence-corrected chi connectivity index (χ0v) is 29.2. The van der Waals surface area contributed by atoms with E-state index < -0.39 is 72.1 Å². The van der Waals surface area contributed by atoms with Gasteiger partial charge >= 0.3 is 18.3 Å². The normalized spacial score (nSPS) is 20.1. The fraction of sp³-hybridized carbons (Fsp3) is 0.229. The predicted molar refractivity (Wildman–Crippen MR) is 183 cm³/mol. The highest BCUT2D eigenvalue weighted by molar-refractivity contribution is 7.90. The number of aliphatic imine (C=N–C) groups is 1. The lowest BCUT2D eigenvalue weighted by atomic mass is 9.95. The van der Waals surface area contributed by atoms with Crippen LogP contribution >= 0.6 is 0 Å². The maximum Gasteiger partial charge on any atom is 0.490 e. The first-order valence-corrected chi connectivity index (χ1v) is 18.8. The number of amides is 1. The molecule has 0 radical (unpaired) electrons. The molecule has 4 aromatic carbocycles. The van der Waals surface area contributed by atoms with E-state index in [-0.39, 0.29) is 24.7 Å². The van der Waals surface area contributed by atoms with Crippen molar-refractivity contribution < 1.29 is 57.9 Å². The minimum absolute atomic E-state index is 0.0158. The van der Waals surface area contributed by atoms with Gasteiger partial charge in [0, 0.05) is 0 Å². The number of rotatable bonds is 9. The molecule has 4 aromatic rings. The molecule has 1 fully saturated rings. The number of hydrogen-bond donors (Lipinski definition) is 4. The van der Waals surface area contributed by atoms with E-state index >= 15 is 0 Å². The number of carbonyl (C=O) groups excluding carboxylic acids is 1. The van der Waals surface area contributed by atoms with Crippen molar-refractivity contribution >= 4 is 37.8 Å². The quantitative estimate of drug-likeness (QED) is 0.159. The molecular formula is C35H30F6N4O7S2. The first kappa shape index (κ1) is 39.9. The first-order valence-electron chi connectivity index (χ1n) is 15.8. The van der Waals surface area contributed by atoms with E-state index in [1.807, 2.05) is 65.4 Å². The van der Waals surface area contributed by atoms with Crippen molar-refractivity contribution in [2.24, 2.45) is 4.99 Å². The Hall–Kier alpha value is -5.27. The third-order valence-corrected chi connectivity index (χ3v) is 11.5. The molecule has 0 saturated carbocycles. The number of halogens is 6. The molecule has 0 aromatic heterocycles. The molecule has 1 saturated heterocycles. The van der Waals surface area contributed by atoms with Crippen LogP contribution in [0.2, 0.25) is 0 Å². The van der Waals surface area contributed by atoms with Crippen molar-refractivity contribution in [3.8, 4) is 0 Å². The van der Waals surface area contributed by atoms with Crippen molar-refractivity contribution in [2.75, 3.05) is 0 Å². The van der Waals surface area contributed by atoms with Gasteiger partial charge in [-0.3, -0.25) is 14.5 Å². The zero-order chi connectivity index (χ0) is 39.5. The van der Waals surface area contributed by atoms with Gasteiger partial charge in [0.2, 0.25) is 26.0 Å². The second kappa shape index (κ2) is 15.6. The highest BCUT2D eigenvalue weighted by Crippen LogP contribution is 2.37. The molecule has 2 unspecified atom stereocenters. The maximum absolute atomic E-state index is 13.6. The van der Waals surface area contributed by atoms with Crippen LogP contribution in [0.25, 0.3) is 0 Å². The minimum atomic E-state index is -5.08. The number of alkyl halides is 6. The number of sulfonamides is 2. The molecule has 4 atom stereocenters. The average molecular weight is 797 g/mol. The molecule has 54 heavy (non-hydrogen) atoms. The molecule has 1 amide bonds. The van der Waals surface area contributed by atoms with E-state index in [0.717, 1.165) is 29.3 Å². The van der Waals surface area contributed by atoms with E-state index in [0.29, 0.717) is 17.2 Å². The molecule has 6 rings (SSSR count). The maximum atomic E-state index is 13.6. The number of carboxylic acid groups (broad SMARTS) is 1. The van der Waals surface area contributed by atoms with E-state index in [1.165, 1.54) is 0 Å². The summed E-state index contributed by atoms with van der Waals surface area (Å²) < 4.78 is 129. The van der Waals surface area contributed by atoms with Gasteiger partial charge in [0.1, 0.15) is 17.1 Å². The summed E-state index contributed by atoms with van der Waals surface area (Å²) >= 11 is 0. The summed E-state index contributed by atoms with van der Waals surface area (Å²) in [5, 5.41) is 9.44. The lowest BCUT2D eigenvalue weighted by Crippen LogP contribution is -2.47. The molecule has 286 valence electrons. The van der Waals surface area contributed by atoms with Gasteiger partial charge in [-0.15, -0.1) is 0 Å². The molecule has 11 nitrogen and oxygen atoms in total. The van der Waals surface area contributed by atoms with Crippen LogP contribution in [-0.2, 0) is 42.2 Å². The fourth-order valence-corrected chi connectivity index (χ4v) is 8.45. The van der Waals surface area contributed by atoms with Gasteiger partial charge in [-0.25, -0.2) is 26.4 Å². The van der Waals surface area contributed by atoms with Crippen molar-refractivity contribution in [3.05, 3.63) is 137 Å². The van der Waals surface area contributed by atoms with Crippen molar-refractivity contribution in [2.45, 2.75) is 53.5 Å². The molecule has 0 aliphatic carbocycles. The molecule has 2 aliphatic rings. The Kier molecular flexibility index (Phi) is 11.5. The summed E-state index contributed by atoms with van der Waals surface area (Å²) in [7, 11) is -8.38. The second-order valence-electron chi connectivity index (χ2n) is 12.1. The summed E-state index contributed by atoms with van der Waals surface area (Å²) in [5.74, 6) is -3.08. The van der Waals surface area contributed by atoms with Crippen LogP contribution in [0.15, 0.2) is 119 Å². The van der Waals surface area contributed by atoms with Gasteiger partial charge < -0.3 is 10.4 Å². The lowest BCUT2D eigenvalue weighted by Gasteiger charge is -2.23. The van der Waals surface area contributed by atoms with Gasteiger partial charge in [-0.2, -0.15) is 26.3 Å². The monoisotopic (exact) mass is 796 g/mol. The molecule has 0 spiro atoms. The number of carboxylic acids is 1. The van der Waals surface area contributed by atoms with Crippen LogP contribution in [0.1, 0.15) is 51.6 Å². The first-order chi connectivity index (χ1) is 25.2. The number of carbonyl (C=O) groups is 2. The number of nitrogens with one attached hydrogen (secondary N) is 3. The summed E-state index contributed by atoms with van der Waals surface area (Å²) in [5.41, 5.74) is 1.63. The smallest absolute Gasteiger partial charge is 0.475 e. The number of hydrogen-bond acceptors (Lipinski definition) is 8. The molecular weight excluding hydrogens is 767 g/mol. The average Bonchev–Trinajstić information content (AvgIpc) is 3.68. The molecule has 19 heteroatoms. The van der Waals surface area contributed by atoms with Crippen LogP contribution < -0.4 is 14.8 Å². The molecule has 2 aliphatic heterocycles. The van der Waals surface area contributed by atoms with Crippen molar-refractivity contribution in [1.29, 1.82) is 0 Å². The van der Waals surface area contributed by atoms with Crippen molar-refractivity contribution in [1.82, 2.24) is 14.8 Å². The van der Waals surface area contributed by atoms with Crippen molar-refractivity contribution in [3.63, 3.8) is 0 Å². The summed E-state index contributed by atoms with van der Waals surface area (Å²) in [6.07, 6.45) is -10.0. The van der Waals surface area contributed by atoms with Gasteiger partial charge in [0.25, 0.3) is 0 Å². The van der Waals surface area contributed by atoms with Gasteiger partial charge in [-0.05, 0) is 46.9 Å². The Morgan fingerprint density at radius 1 is 0.852 bits per heavy atom.